The van der Waals surface area contributed by atoms with Crippen LogP contribution in [0.3, 0.4) is 0 Å². The minimum Gasteiger partial charge on any atom is -0.288 e. The van der Waals surface area contributed by atoms with E-state index in [1.165, 1.54) is 21.0 Å². The molecule has 11 heteroatoms. The summed E-state index contributed by atoms with van der Waals surface area (Å²) in [4.78, 5) is 15.6. The SMILES string of the molecule is CCN(CC)S(=O)(=O)c1cccc(-c2nn(-c3ccccc3)cc2C=C2SC(=S)N(Cc3ccccc3Cl)C2=O)c1. The Morgan fingerprint density at radius 2 is 1.71 bits per heavy atom. The van der Waals surface area contributed by atoms with Gasteiger partial charge in [0.25, 0.3) is 5.91 Å². The van der Waals surface area contributed by atoms with Gasteiger partial charge in [0.1, 0.15) is 10.0 Å². The molecule has 0 bridgehead atoms. The van der Waals surface area contributed by atoms with Crippen LogP contribution in [-0.2, 0) is 21.4 Å². The maximum atomic E-state index is 13.5. The highest BCUT2D eigenvalue weighted by molar-refractivity contribution is 8.26. The van der Waals surface area contributed by atoms with Gasteiger partial charge in [-0.25, -0.2) is 13.1 Å². The zero-order valence-corrected chi connectivity index (χ0v) is 25.6. The molecule has 3 aromatic carbocycles. The molecule has 0 saturated carbocycles. The normalized spacial score (nSPS) is 14.9. The van der Waals surface area contributed by atoms with Crippen LogP contribution in [0.5, 0.6) is 0 Å². The minimum atomic E-state index is -3.68. The number of sulfonamides is 1. The standard InChI is InChI=1S/C30H27ClN4O3S3/c1-3-33(4-2)41(37,38)25-15-10-12-21(17-25)28-23(20-35(32-28)24-13-6-5-7-14-24)18-27-29(36)34(30(39)40-27)19-22-11-8-9-16-26(22)31/h5-18,20H,3-4,19H2,1-2H3. The number of thioether (sulfide) groups is 1. The highest BCUT2D eigenvalue weighted by Crippen LogP contribution is 2.36. The fourth-order valence-corrected chi connectivity index (χ4v) is 7.47. The second kappa shape index (κ2) is 12.3. The lowest BCUT2D eigenvalue weighted by molar-refractivity contribution is -0.122. The Bertz CT molecular complexity index is 1750. The fourth-order valence-electron chi connectivity index (χ4n) is 4.52. The van der Waals surface area contributed by atoms with Gasteiger partial charge in [-0.2, -0.15) is 9.40 Å². The molecule has 5 rings (SSSR count). The Labute approximate surface area is 254 Å². The summed E-state index contributed by atoms with van der Waals surface area (Å²) in [5.41, 5.74) is 3.44. The summed E-state index contributed by atoms with van der Waals surface area (Å²) in [5.74, 6) is -0.226. The summed E-state index contributed by atoms with van der Waals surface area (Å²) in [6, 6.07) is 23.7. The third-order valence-electron chi connectivity index (χ3n) is 6.66. The van der Waals surface area contributed by atoms with E-state index in [1.807, 2.05) is 74.6 Å². The van der Waals surface area contributed by atoms with Gasteiger partial charge in [-0.05, 0) is 42.0 Å². The molecule has 0 radical (unpaired) electrons. The highest BCUT2D eigenvalue weighted by Gasteiger charge is 2.33. The van der Waals surface area contributed by atoms with Crippen molar-refractivity contribution < 1.29 is 13.2 Å². The molecule has 0 atom stereocenters. The van der Waals surface area contributed by atoms with Gasteiger partial charge in [-0.1, -0.05) is 98.0 Å². The molecule has 0 spiro atoms. The smallest absolute Gasteiger partial charge is 0.266 e. The average Bonchev–Trinajstić information content (AvgIpc) is 3.51. The molecule has 1 aromatic heterocycles. The number of para-hydroxylation sites is 1. The molecule has 1 saturated heterocycles. The zero-order chi connectivity index (χ0) is 29.1. The summed E-state index contributed by atoms with van der Waals surface area (Å²) in [5, 5.41) is 5.39. The van der Waals surface area contributed by atoms with Gasteiger partial charge in [-0.15, -0.1) is 0 Å². The molecule has 41 heavy (non-hydrogen) atoms. The van der Waals surface area contributed by atoms with Crippen molar-refractivity contribution in [3.8, 4) is 16.9 Å². The van der Waals surface area contributed by atoms with Gasteiger partial charge < -0.3 is 0 Å². The van der Waals surface area contributed by atoms with Crippen LogP contribution in [0, 0.1) is 0 Å². The van der Waals surface area contributed by atoms with E-state index in [9.17, 15) is 13.2 Å². The Hall–Kier alpha value is -3.28. The molecular weight excluding hydrogens is 596 g/mol. The summed E-state index contributed by atoms with van der Waals surface area (Å²) in [6.07, 6.45) is 3.59. The van der Waals surface area contributed by atoms with E-state index in [2.05, 4.69) is 0 Å². The lowest BCUT2D eigenvalue weighted by Gasteiger charge is -2.18. The molecular formula is C30H27ClN4O3S3. The second-order valence-corrected chi connectivity index (χ2v) is 13.2. The van der Waals surface area contributed by atoms with Gasteiger partial charge in [0.2, 0.25) is 10.0 Å². The van der Waals surface area contributed by atoms with Crippen LogP contribution in [-0.4, -0.2) is 50.7 Å². The number of nitrogens with zero attached hydrogens (tertiary/aromatic N) is 4. The van der Waals surface area contributed by atoms with E-state index in [0.29, 0.717) is 44.2 Å². The first-order valence-corrected chi connectivity index (χ1v) is 16.0. The van der Waals surface area contributed by atoms with E-state index < -0.39 is 10.0 Å². The predicted octanol–water partition coefficient (Wildman–Crippen LogP) is 6.62. The van der Waals surface area contributed by atoms with Gasteiger partial charge in [0.15, 0.2) is 0 Å². The van der Waals surface area contributed by atoms with Crippen LogP contribution in [0.25, 0.3) is 23.0 Å². The summed E-state index contributed by atoms with van der Waals surface area (Å²) in [7, 11) is -3.68. The number of carbonyl (C=O) groups excluding carboxylic acids is 1. The molecule has 4 aromatic rings. The lowest BCUT2D eigenvalue weighted by atomic mass is 10.1. The summed E-state index contributed by atoms with van der Waals surface area (Å²) >= 11 is 13.1. The number of thiocarbonyl (C=S) groups is 1. The molecule has 210 valence electrons. The van der Waals surface area contributed by atoms with Crippen LogP contribution >= 0.6 is 35.6 Å². The molecule has 2 heterocycles. The summed E-state index contributed by atoms with van der Waals surface area (Å²) in [6.45, 7) is 4.63. The Morgan fingerprint density at radius 3 is 2.41 bits per heavy atom. The van der Waals surface area contributed by atoms with Crippen molar-refractivity contribution in [2.75, 3.05) is 13.1 Å². The maximum absolute atomic E-state index is 13.5. The average molecular weight is 623 g/mol. The number of hydrogen-bond donors (Lipinski definition) is 0. The van der Waals surface area contributed by atoms with Crippen LogP contribution in [0.15, 0.2) is 94.9 Å². The Balaban J connectivity index is 1.57. The largest absolute Gasteiger partial charge is 0.288 e. The molecule has 1 aliphatic heterocycles. The molecule has 0 aliphatic carbocycles. The van der Waals surface area contributed by atoms with Gasteiger partial charge in [0, 0.05) is 35.4 Å². The van der Waals surface area contributed by atoms with E-state index in [4.69, 9.17) is 28.9 Å². The molecule has 0 unspecified atom stereocenters. The van der Waals surface area contributed by atoms with Crippen LogP contribution in [0.4, 0.5) is 0 Å². The number of rotatable bonds is 9. The van der Waals surface area contributed by atoms with Crippen molar-refractivity contribution in [2.45, 2.75) is 25.3 Å². The number of carbonyl (C=O) groups is 1. The maximum Gasteiger partial charge on any atom is 0.266 e. The third kappa shape index (κ3) is 6.02. The van der Waals surface area contributed by atoms with Crippen molar-refractivity contribution in [3.05, 3.63) is 106 Å². The topological polar surface area (TPSA) is 75.5 Å². The lowest BCUT2D eigenvalue weighted by Crippen LogP contribution is -2.30. The first kappa shape index (κ1) is 29.2. The van der Waals surface area contributed by atoms with E-state index in [-0.39, 0.29) is 17.3 Å². The zero-order valence-electron chi connectivity index (χ0n) is 22.4. The van der Waals surface area contributed by atoms with Crippen molar-refractivity contribution >= 4 is 61.9 Å². The van der Waals surface area contributed by atoms with E-state index >= 15 is 0 Å². The molecule has 7 nitrogen and oxygen atoms in total. The van der Waals surface area contributed by atoms with Crippen molar-refractivity contribution in [2.24, 2.45) is 0 Å². The van der Waals surface area contributed by atoms with Crippen molar-refractivity contribution in [1.29, 1.82) is 0 Å². The first-order valence-electron chi connectivity index (χ1n) is 13.0. The van der Waals surface area contributed by atoms with Crippen LogP contribution < -0.4 is 0 Å². The van der Waals surface area contributed by atoms with Crippen molar-refractivity contribution in [3.63, 3.8) is 0 Å². The minimum absolute atomic E-state index is 0.185. The van der Waals surface area contributed by atoms with Gasteiger partial charge in [0.05, 0.1) is 22.0 Å². The predicted molar refractivity (Wildman–Crippen MR) is 169 cm³/mol. The second-order valence-electron chi connectivity index (χ2n) is 9.19. The number of benzene rings is 3. The monoisotopic (exact) mass is 622 g/mol. The highest BCUT2D eigenvalue weighted by atomic mass is 35.5. The molecule has 1 aliphatic rings. The van der Waals surface area contributed by atoms with E-state index in [1.54, 1.807) is 35.0 Å². The quantitative estimate of drug-likeness (QED) is 0.154. The molecule has 1 amide bonds. The number of halogens is 1. The van der Waals surface area contributed by atoms with Crippen LogP contribution in [0.1, 0.15) is 25.0 Å². The Kier molecular flexibility index (Phi) is 8.77. The van der Waals surface area contributed by atoms with Gasteiger partial charge >= 0.3 is 0 Å². The van der Waals surface area contributed by atoms with Crippen LogP contribution in [0.2, 0.25) is 5.02 Å². The van der Waals surface area contributed by atoms with Gasteiger partial charge in [-0.3, -0.25) is 9.69 Å². The number of hydrogen-bond acceptors (Lipinski definition) is 6. The first-order chi connectivity index (χ1) is 19.7. The third-order valence-corrected chi connectivity index (χ3v) is 10.5. The van der Waals surface area contributed by atoms with Crippen molar-refractivity contribution in [1.82, 2.24) is 19.0 Å². The molecule has 0 N–H and O–H groups in total. The fraction of sp³-hybridized carbons (Fsp3) is 0.167. The molecule has 1 fully saturated rings. The van der Waals surface area contributed by atoms with E-state index in [0.717, 1.165) is 11.3 Å². The summed E-state index contributed by atoms with van der Waals surface area (Å²) < 4.78 is 30.1. The Morgan fingerprint density at radius 1 is 1.00 bits per heavy atom. The number of aromatic nitrogens is 2. The number of amides is 1.